The first kappa shape index (κ1) is 13.0. The van der Waals surface area contributed by atoms with Crippen LogP contribution in [0.1, 0.15) is 17.1 Å². The monoisotopic (exact) mass is 283 g/mol. The highest BCUT2D eigenvalue weighted by Gasteiger charge is 2.04. The number of hydrogen-bond donors (Lipinski definition) is 2. The zero-order valence-electron chi connectivity index (χ0n) is 9.84. The van der Waals surface area contributed by atoms with Crippen LogP contribution in [0.15, 0.2) is 11.7 Å². The highest BCUT2D eigenvalue weighted by Crippen LogP contribution is 2.15. The third-order valence-electron chi connectivity index (χ3n) is 2.06. The Bertz CT molecular complexity index is 496. The topological polar surface area (TPSA) is 83.6 Å². The van der Waals surface area contributed by atoms with Crippen molar-refractivity contribution in [2.24, 2.45) is 0 Å². The summed E-state index contributed by atoms with van der Waals surface area (Å²) in [6.07, 6.45) is 1.81. The zero-order chi connectivity index (χ0) is 12.8. The summed E-state index contributed by atoms with van der Waals surface area (Å²) in [5, 5.41) is 12.0. The Balaban J connectivity index is 1.62. The van der Waals surface area contributed by atoms with E-state index in [9.17, 15) is 4.79 Å². The van der Waals surface area contributed by atoms with E-state index in [1.54, 1.807) is 23.1 Å². The van der Waals surface area contributed by atoms with E-state index < -0.39 is 0 Å². The highest BCUT2D eigenvalue weighted by molar-refractivity contribution is 7.98. The highest BCUT2D eigenvalue weighted by atomic mass is 32.2. The predicted molar refractivity (Wildman–Crippen MR) is 72.6 cm³/mol. The smallest absolute Gasteiger partial charge is 0.227 e. The molecule has 0 aliphatic heterocycles. The molecule has 96 valence electrons. The zero-order valence-corrected chi connectivity index (χ0v) is 11.5. The average molecular weight is 283 g/mol. The molecular weight excluding hydrogens is 270 g/mol. The lowest BCUT2D eigenvalue weighted by Crippen LogP contribution is -2.13. The second-order valence-corrected chi connectivity index (χ2v) is 5.71. The molecular formula is C10H13N5OS2. The fourth-order valence-electron chi connectivity index (χ4n) is 1.28. The summed E-state index contributed by atoms with van der Waals surface area (Å²) in [5.41, 5.74) is 1.08. The number of carbonyl (C=O) groups is 1. The number of thioether (sulfide) groups is 1. The van der Waals surface area contributed by atoms with Gasteiger partial charge in [-0.3, -0.25) is 10.1 Å². The molecule has 0 aliphatic rings. The molecule has 2 rings (SSSR count). The molecule has 1 amide bonds. The number of rotatable bonds is 6. The van der Waals surface area contributed by atoms with Crippen LogP contribution in [0.5, 0.6) is 0 Å². The van der Waals surface area contributed by atoms with Crippen molar-refractivity contribution in [3.63, 3.8) is 0 Å². The first-order valence-corrected chi connectivity index (χ1v) is 7.41. The summed E-state index contributed by atoms with van der Waals surface area (Å²) in [4.78, 5) is 19.7. The quantitative estimate of drug-likeness (QED) is 0.790. The molecule has 2 N–H and O–H groups in total. The fraction of sp³-hybridized carbons (Fsp3) is 0.400. The number of nitrogens with one attached hydrogen (secondary N) is 2. The Kier molecular flexibility index (Phi) is 4.71. The van der Waals surface area contributed by atoms with Crippen LogP contribution in [0.2, 0.25) is 0 Å². The number of aromatic nitrogens is 4. The van der Waals surface area contributed by atoms with Gasteiger partial charge in [0.25, 0.3) is 0 Å². The predicted octanol–water partition coefficient (Wildman–Crippen LogP) is 1.83. The number of carbonyl (C=O) groups excluding carboxylic acids is 1. The molecule has 18 heavy (non-hydrogen) atoms. The minimum absolute atomic E-state index is 0.0614. The molecule has 0 radical (unpaired) electrons. The average Bonchev–Trinajstić information content (AvgIpc) is 2.96. The molecule has 0 saturated heterocycles. The van der Waals surface area contributed by atoms with Gasteiger partial charge in [-0.15, -0.1) is 11.3 Å². The van der Waals surface area contributed by atoms with Crippen molar-refractivity contribution in [3.8, 4) is 0 Å². The molecule has 0 saturated carbocycles. The van der Waals surface area contributed by atoms with Gasteiger partial charge in [-0.2, -0.15) is 21.8 Å². The Morgan fingerprint density at radius 3 is 3.17 bits per heavy atom. The van der Waals surface area contributed by atoms with Crippen molar-refractivity contribution < 1.29 is 4.79 Å². The maximum atomic E-state index is 11.5. The van der Waals surface area contributed by atoms with E-state index in [0.29, 0.717) is 12.4 Å². The van der Waals surface area contributed by atoms with Gasteiger partial charge in [0.2, 0.25) is 11.9 Å². The second kappa shape index (κ2) is 6.50. The molecule has 8 heteroatoms. The van der Waals surface area contributed by atoms with Crippen LogP contribution in [-0.4, -0.2) is 31.8 Å². The number of aromatic amines is 1. The van der Waals surface area contributed by atoms with E-state index in [1.165, 1.54) is 6.33 Å². The number of aryl methyl sites for hydroxylation is 1. The van der Waals surface area contributed by atoms with Gasteiger partial charge >= 0.3 is 0 Å². The number of H-pyrrole nitrogens is 1. The molecule has 0 aromatic carbocycles. The lowest BCUT2D eigenvalue weighted by molar-refractivity contribution is -0.115. The van der Waals surface area contributed by atoms with Gasteiger partial charge in [-0.1, -0.05) is 0 Å². The van der Waals surface area contributed by atoms with Crippen LogP contribution < -0.4 is 5.32 Å². The maximum absolute atomic E-state index is 11.5. The van der Waals surface area contributed by atoms with Crippen LogP contribution in [-0.2, 0) is 10.5 Å². The summed E-state index contributed by atoms with van der Waals surface area (Å²) in [7, 11) is 0. The Morgan fingerprint density at radius 1 is 1.61 bits per heavy atom. The summed E-state index contributed by atoms with van der Waals surface area (Å²) >= 11 is 3.35. The Morgan fingerprint density at radius 2 is 2.50 bits per heavy atom. The van der Waals surface area contributed by atoms with Gasteiger partial charge in [0.1, 0.15) is 6.33 Å². The third kappa shape index (κ3) is 4.11. The molecule has 2 aromatic rings. The molecule has 2 aromatic heterocycles. The number of amides is 1. The summed E-state index contributed by atoms with van der Waals surface area (Å²) in [6.45, 7) is 1.99. The van der Waals surface area contributed by atoms with Gasteiger partial charge in [0, 0.05) is 23.3 Å². The van der Waals surface area contributed by atoms with Crippen molar-refractivity contribution in [2.45, 2.75) is 19.1 Å². The fourth-order valence-corrected chi connectivity index (χ4v) is 2.83. The van der Waals surface area contributed by atoms with E-state index in [4.69, 9.17) is 0 Å². The number of anilines is 1. The summed E-state index contributed by atoms with van der Waals surface area (Å²) in [6, 6.07) is 0. The Labute approximate surface area is 113 Å². The van der Waals surface area contributed by atoms with Crippen LogP contribution in [0, 0.1) is 6.92 Å². The lowest BCUT2D eigenvalue weighted by Gasteiger charge is -2.00. The largest absolute Gasteiger partial charge is 0.295 e. The number of hydrogen-bond acceptors (Lipinski definition) is 6. The van der Waals surface area contributed by atoms with E-state index in [0.717, 1.165) is 22.2 Å². The second-order valence-electron chi connectivity index (χ2n) is 3.54. The van der Waals surface area contributed by atoms with Gasteiger partial charge in [0.05, 0.1) is 10.7 Å². The van der Waals surface area contributed by atoms with Crippen molar-refractivity contribution in [3.05, 3.63) is 22.4 Å². The molecule has 0 fully saturated rings. The lowest BCUT2D eigenvalue weighted by atomic mass is 10.4. The van der Waals surface area contributed by atoms with E-state index in [1.807, 2.05) is 6.92 Å². The molecule has 2 heterocycles. The summed E-state index contributed by atoms with van der Waals surface area (Å²) < 4.78 is 0. The van der Waals surface area contributed by atoms with Gasteiger partial charge in [-0.05, 0) is 6.92 Å². The first-order valence-electron chi connectivity index (χ1n) is 5.38. The maximum Gasteiger partial charge on any atom is 0.227 e. The number of thiazole rings is 1. The normalized spacial score (nSPS) is 10.5. The third-order valence-corrected chi connectivity index (χ3v) is 3.88. The minimum Gasteiger partial charge on any atom is -0.295 e. The van der Waals surface area contributed by atoms with Crippen molar-refractivity contribution in [1.29, 1.82) is 0 Å². The van der Waals surface area contributed by atoms with E-state index in [-0.39, 0.29) is 5.91 Å². The van der Waals surface area contributed by atoms with Gasteiger partial charge in [0.15, 0.2) is 0 Å². The van der Waals surface area contributed by atoms with Crippen LogP contribution in [0.25, 0.3) is 0 Å². The standard InChI is InChI=1S/C10H13N5OS2/c1-7-13-8(5-18-7)4-17-3-2-9(16)14-10-11-6-12-15-10/h5-6H,2-4H2,1H3,(H2,11,12,14,15,16). The van der Waals surface area contributed by atoms with Crippen molar-refractivity contribution in [1.82, 2.24) is 20.2 Å². The summed E-state index contributed by atoms with van der Waals surface area (Å²) in [5.74, 6) is 1.94. The van der Waals surface area contributed by atoms with E-state index >= 15 is 0 Å². The van der Waals surface area contributed by atoms with Gasteiger partial charge in [-0.25, -0.2) is 10.1 Å². The van der Waals surface area contributed by atoms with Crippen molar-refractivity contribution >= 4 is 35.0 Å². The first-order chi connectivity index (χ1) is 8.74. The minimum atomic E-state index is -0.0614. The SMILES string of the molecule is Cc1nc(CSCCC(=O)Nc2ncn[nH]2)cs1. The molecule has 0 bridgehead atoms. The Hall–Kier alpha value is -1.41. The molecule has 6 nitrogen and oxygen atoms in total. The molecule has 0 unspecified atom stereocenters. The van der Waals surface area contributed by atoms with Gasteiger partial charge < -0.3 is 0 Å². The van der Waals surface area contributed by atoms with Crippen molar-refractivity contribution in [2.75, 3.05) is 11.1 Å². The molecule has 0 atom stereocenters. The van der Waals surface area contributed by atoms with E-state index in [2.05, 4.69) is 30.9 Å². The molecule has 0 spiro atoms. The van der Waals surface area contributed by atoms with Crippen LogP contribution in [0.4, 0.5) is 5.95 Å². The van der Waals surface area contributed by atoms with Crippen LogP contribution >= 0.6 is 23.1 Å². The molecule has 0 aliphatic carbocycles. The number of nitrogens with zero attached hydrogens (tertiary/aromatic N) is 3. The van der Waals surface area contributed by atoms with Crippen LogP contribution in [0.3, 0.4) is 0 Å².